The van der Waals surface area contributed by atoms with Crippen LogP contribution >= 0.6 is 58.1 Å². The highest BCUT2D eigenvalue weighted by Crippen LogP contribution is 2.44. The molecule has 52 heavy (non-hydrogen) atoms. The number of ether oxygens (including phenoxy) is 2. The molecule has 0 aliphatic rings. The molecule has 1 N–H and O–H groups in total. The molecule has 0 radical (unpaired) electrons. The molecule has 0 spiro atoms. The third kappa shape index (κ3) is 5.29. The summed E-state index contributed by atoms with van der Waals surface area (Å²) in [7, 11) is 0. The largest absolute Gasteiger partial charge is 0.462 e. The Morgan fingerprint density at radius 3 is 1.77 bits per heavy atom. The molecule has 0 atom stereocenters. The molecule has 0 unspecified atom stereocenters. The van der Waals surface area contributed by atoms with E-state index in [1.807, 2.05) is 24.3 Å². The number of carbonyl (C=O) groups is 2. The van der Waals surface area contributed by atoms with Crippen molar-refractivity contribution < 1.29 is 19.1 Å². The van der Waals surface area contributed by atoms with Crippen LogP contribution in [-0.4, -0.2) is 49.5 Å². The lowest BCUT2D eigenvalue weighted by molar-refractivity contribution is 0.0516. The predicted molar refractivity (Wildman–Crippen MR) is 210 cm³/mol. The first kappa shape index (κ1) is 34.3. The van der Waals surface area contributed by atoms with Gasteiger partial charge < -0.3 is 14.5 Å². The normalized spacial score (nSPS) is 11.7. The Kier molecular flexibility index (Phi) is 8.58. The second kappa shape index (κ2) is 13.0. The van der Waals surface area contributed by atoms with Crippen LogP contribution in [0.15, 0.2) is 53.3 Å². The topological polar surface area (TPSA) is 129 Å². The van der Waals surface area contributed by atoms with E-state index in [0.29, 0.717) is 90.1 Å². The smallest absolute Gasteiger partial charge is 0.340 e. The van der Waals surface area contributed by atoms with Crippen LogP contribution in [0.25, 0.3) is 68.8 Å². The summed E-state index contributed by atoms with van der Waals surface area (Å²) >= 11 is 20.9. The molecular formula is C37H25Cl2N5O5S3. The standard InChI is InChI=1S/C37H25Cl2N5O5S3/c1-5-48-35(46)21-15(3)40-32-25(23(21)17-7-11-19(38)12-8-17)27-29(51-32)31-42-28-26-24(18-9-13-20(39)14-10-18)22(36(47)49-6-2)16(4)41-33(26)52-30(28)34(45)44(31)37(50)43-27/h7-14H,5-6H2,1-4H3,(H,43,50). The van der Waals surface area contributed by atoms with Gasteiger partial charge in [0.2, 0.25) is 0 Å². The zero-order valence-corrected chi connectivity index (χ0v) is 31.8. The van der Waals surface area contributed by atoms with Gasteiger partial charge in [-0.2, -0.15) is 0 Å². The van der Waals surface area contributed by atoms with E-state index in [-0.39, 0.29) is 29.2 Å². The van der Waals surface area contributed by atoms with Crippen LogP contribution in [0.4, 0.5) is 0 Å². The third-order valence-electron chi connectivity index (χ3n) is 8.71. The number of hydrogen-bond donors (Lipinski definition) is 1. The summed E-state index contributed by atoms with van der Waals surface area (Å²) in [6.07, 6.45) is 0. The lowest BCUT2D eigenvalue weighted by atomic mass is 9.95. The van der Waals surface area contributed by atoms with Gasteiger partial charge in [0.25, 0.3) is 5.56 Å². The number of nitrogens with one attached hydrogen (secondary N) is 1. The van der Waals surface area contributed by atoms with Crippen LogP contribution in [0.5, 0.6) is 0 Å². The average Bonchev–Trinajstić information content (AvgIpc) is 3.66. The molecular weight excluding hydrogens is 762 g/mol. The Morgan fingerprint density at radius 1 is 0.769 bits per heavy atom. The summed E-state index contributed by atoms with van der Waals surface area (Å²) in [5.41, 5.74) is 4.84. The Bertz CT molecular complexity index is 2950. The van der Waals surface area contributed by atoms with Gasteiger partial charge >= 0.3 is 11.9 Å². The van der Waals surface area contributed by atoms with Crippen LogP contribution in [0.2, 0.25) is 10.0 Å². The van der Waals surface area contributed by atoms with Crippen molar-refractivity contribution in [3.05, 3.63) is 96.2 Å². The molecule has 0 aliphatic heterocycles. The van der Waals surface area contributed by atoms with Crippen molar-refractivity contribution >= 4 is 117 Å². The molecule has 8 aromatic rings. The first-order valence-electron chi connectivity index (χ1n) is 16.1. The van der Waals surface area contributed by atoms with Crippen molar-refractivity contribution in [2.24, 2.45) is 0 Å². The fourth-order valence-corrected chi connectivity index (χ4v) is 9.36. The number of H-pyrrole nitrogens is 1. The molecule has 2 aromatic carbocycles. The van der Waals surface area contributed by atoms with E-state index in [0.717, 1.165) is 0 Å². The van der Waals surface area contributed by atoms with Gasteiger partial charge in [-0.15, -0.1) is 22.7 Å². The maximum Gasteiger partial charge on any atom is 0.340 e. The second-order valence-corrected chi connectivity index (χ2v) is 15.1. The van der Waals surface area contributed by atoms with Crippen molar-refractivity contribution in [3.8, 4) is 22.3 Å². The van der Waals surface area contributed by atoms with Crippen molar-refractivity contribution in [2.45, 2.75) is 27.7 Å². The maximum atomic E-state index is 14.5. The second-order valence-electron chi connectivity index (χ2n) is 11.8. The van der Waals surface area contributed by atoms with Crippen LogP contribution in [0, 0.1) is 18.6 Å². The number of aromatic nitrogens is 5. The van der Waals surface area contributed by atoms with E-state index < -0.39 is 17.5 Å². The van der Waals surface area contributed by atoms with E-state index in [1.54, 1.807) is 52.0 Å². The molecule has 0 saturated carbocycles. The predicted octanol–water partition coefficient (Wildman–Crippen LogP) is 9.89. The summed E-state index contributed by atoms with van der Waals surface area (Å²) in [6.45, 7) is 7.31. The zero-order valence-electron chi connectivity index (χ0n) is 27.8. The van der Waals surface area contributed by atoms with Crippen LogP contribution < -0.4 is 5.56 Å². The number of esters is 2. The number of pyridine rings is 2. The molecule has 8 rings (SSSR count). The zero-order chi connectivity index (χ0) is 36.6. The van der Waals surface area contributed by atoms with Crippen molar-refractivity contribution in [3.63, 3.8) is 0 Å². The SMILES string of the molecule is CCOC(=O)c1c(C)nc2sc3c(=O)n4c(=S)[nH]c5c(sc6nc(C)c(C(=O)OCC)c(-c7ccc(Cl)cc7)c65)c4nc3c2c1-c1ccc(Cl)cc1. The molecule has 15 heteroatoms. The number of thiophene rings is 2. The summed E-state index contributed by atoms with van der Waals surface area (Å²) < 4.78 is 13.4. The number of halogens is 2. The molecule has 0 saturated heterocycles. The average molecular weight is 787 g/mol. The number of hydrogen-bond acceptors (Lipinski definition) is 11. The minimum atomic E-state index is -0.542. The minimum absolute atomic E-state index is 0.105. The lowest BCUT2D eigenvalue weighted by Crippen LogP contribution is -2.16. The monoisotopic (exact) mass is 785 g/mol. The van der Waals surface area contributed by atoms with Crippen LogP contribution in [-0.2, 0) is 9.47 Å². The molecule has 0 bridgehead atoms. The molecule has 260 valence electrons. The highest BCUT2D eigenvalue weighted by molar-refractivity contribution is 7.71. The van der Waals surface area contributed by atoms with Crippen LogP contribution in [0.1, 0.15) is 46.0 Å². The molecule has 6 heterocycles. The first-order chi connectivity index (χ1) is 25.0. The fourth-order valence-electron chi connectivity index (χ4n) is 6.58. The van der Waals surface area contributed by atoms with E-state index in [4.69, 9.17) is 59.8 Å². The Labute approximate surface area is 317 Å². The van der Waals surface area contributed by atoms with E-state index in [9.17, 15) is 14.4 Å². The summed E-state index contributed by atoms with van der Waals surface area (Å²) in [5, 5.41) is 2.21. The quantitative estimate of drug-likeness (QED) is 0.129. The summed E-state index contributed by atoms with van der Waals surface area (Å²) in [6, 6.07) is 14.2. The van der Waals surface area contributed by atoms with Crippen molar-refractivity contribution in [1.29, 1.82) is 0 Å². The molecule has 6 aromatic heterocycles. The number of nitrogens with zero attached hydrogens (tertiary/aromatic N) is 4. The van der Waals surface area contributed by atoms with E-state index in [1.165, 1.54) is 27.1 Å². The molecule has 0 fully saturated rings. The van der Waals surface area contributed by atoms with Gasteiger partial charge in [-0.3, -0.25) is 4.79 Å². The third-order valence-corrected chi connectivity index (χ3v) is 11.6. The van der Waals surface area contributed by atoms with Crippen molar-refractivity contribution in [2.75, 3.05) is 13.2 Å². The molecule has 0 amide bonds. The Hall–Kier alpha value is -4.79. The van der Waals surface area contributed by atoms with Gasteiger partial charge in [0.1, 0.15) is 14.4 Å². The van der Waals surface area contributed by atoms with Gasteiger partial charge in [0.15, 0.2) is 10.4 Å². The Morgan fingerprint density at radius 2 is 1.25 bits per heavy atom. The number of aromatic amines is 1. The first-order valence-corrected chi connectivity index (χ1v) is 18.9. The summed E-state index contributed by atoms with van der Waals surface area (Å²) in [5.74, 6) is -1.06. The summed E-state index contributed by atoms with van der Waals surface area (Å²) in [4.78, 5) is 60.6. The molecule has 10 nitrogen and oxygen atoms in total. The number of rotatable bonds is 6. The van der Waals surface area contributed by atoms with Crippen LogP contribution in [0.3, 0.4) is 0 Å². The number of fused-ring (bicyclic) bond motifs is 8. The minimum Gasteiger partial charge on any atom is -0.462 e. The highest BCUT2D eigenvalue weighted by Gasteiger charge is 2.29. The number of aryl methyl sites for hydroxylation is 2. The fraction of sp³-hybridized carbons (Fsp3) is 0.162. The number of carbonyl (C=O) groups excluding carboxylic acids is 2. The van der Waals surface area contributed by atoms with Gasteiger partial charge in [-0.05, 0) is 75.3 Å². The lowest BCUT2D eigenvalue weighted by Gasteiger charge is -2.14. The van der Waals surface area contributed by atoms with Gasteiger partial charge in [0.05, 0.1) is 51.5 Å². The van der Waals surface area contributed by atoms with Crippen molar-refractivity contribution in [1.82, 2.24) is 24.3 Å². The van der Waals surface area contributed by atoms with E-state index >= 15 is 0 Å². The van der Waals surface area contributed by atoms with E-state index in [2.05, 4.69) is 4.98 Å². The number of benzene rings is 2. The maximum absolute atomic E-state index is 14.5. The van der Waals surface area contributed by atoms with Gasteiger partial charge in [-0.1, -0.05) is 47.5 Å². The Balaban J connectivity index is 1.55. The van der Waals surface area contributed by atoms with Gasteiger partial charge in [0, 0.05) is 31.9 Å². The van der Waals surface area contributed by atoms with Gasteiger partial charge in [-0.25, -0.2) is 28.9 Å². The molecule has 0 aliphatic carbocycles. The highest BCUT2D eigenvalue weighted by atomic mass is 35.5.